The van der Waals surface area contributed by atoms with Crippen LogP contribution >= 0.6 is 0 Å². The van der Waals surface area contributed by atoms with Crippen LogP contribution in [0, 0.1) is 5.82 Å². The van der Waals surface area contributed by atoms with E-state index >= 15 is 0 Å². The maximum atomic E-state index is 13.8. The van der Waals surface area contributed by atoms with Gasteiger partial charge in [0.1, 0.15) is 5.82 Å². The van der Waals surface area contributed by atoms with Gasteiger partial charge in [-0.3, -0.25) is 14.7 Å². The summed E-state index contributed by atoms with van der Waals surface area (Å²) in [5, 5.41) is 7.06. The zero-order valence-electron chi connectivity index (χ0n) is 16.3. The van der Waals surface area contributed by atoms with Gasteiger partial charge in [-0.25, -0.2) is 9.07 Å². The standard InChI is InChI=1S/C20H18F4N6O/c21-15-3-5-16(6-4-15)30-18(20(22,23)24)17(26-27-30)19(31)29-10-8-28(9-11-29)13-14-2-1-7-25-12-14/h1-7,12H,8-11,13H2. The molecule has 31 heavy (non-hydrogen) atoms. The molecule has 4 rings (SSSR count). The van der Waals surface area contributed by atoms with Crippen LogP contribution in [0.4, 0.5) is 17.6 Å². The quantitative estimate of drug-likeness (QED) is 0.591. The Bertz CT molecular complexity index is 1040. The molecule has 0 radical (unpaired) electrons. The Morgan fingerprint density at radius 2 is 1.74 bits per heavy atom. The third kappa shape index (κ3) is 4.55. The van der Waals surface area contributed by atoms with Gasteiger partial charge in [0.15, 0.2) is 11.4 Å². The molecule has 0 saturated carbocycles. The molecule has 162 valence electrons. The number of alkyl halides is 3. The van der Waals surface area contributed by atoms with Crippen molar-refractivity contribution in [2.45, 2.75) is 12.7 Å². The Balaban J connectivity index is 1.52. The molecule has 3 aromatic rings. The van der Waals surface area contributed by atoms with Crippen LogP contribution in [-0.2, 0) is 12.7 Å². The van der Waals surface area contributed by atoms with Gasteiger partial charge < -0.3 is 4.90 Å². The molecule has 3 heterocycles. The molecule has 1 amide bonds. The third-order valence-corrected chi connectivity index (χ3v) is 5.00. The molecule has 1 fully saturated rings. The van der Waals surface area contributed by atoms with Gasteiger partial charge in [0.05, 0.1) is 5.69 Å². The SMILES string of the molecule is O=C(c1nnn(-c2ccc(F)cc2)c1C(F)(F)F)N1CCN(Cc2cccnc2)CC1. The summed E-state index contributed by atoms with van der Waals surface area (Å²) >= 11 is 0. The van der Waals surface area contributed by atoms with E-state index in [2.05, 4.69) is 20.2 Å². The number of carbonyl (C=O) groups excluding carboxylic acids is 1. The summed E-state index contributed by atoms with van der Waals surface area (Å²) in [5.74, 6) is -1.43. The first kappa shape index (κ1) is 20.9. The largest absolute Gasteiger partial charge is 0.435 e. The zero-order valence-corrected chi connectivity index (χ0v) is 16.3. The number of carbonyl (C=O) groups is 1. The Labute approximate surface area is 174 Å². The summed E-state index contributed by atoms with van der Waals surface area (Å²) in [5.41, 5.74) is -1.06. The van der Waals surface area contributed by atoms with Crippen molar-refractivity contribution in [3.05, 3.63) is 71.6 Å². The highest BCUT2D eigenvalue weighted by Gasteiger charge is 2.43. The first-order valence-corrected chi connectivity index (χ1v) is 9.52. The molecule has 1 aromatic carbocycles. The topological polar surface area (TPSA) is 67.2 Å². The van der Waals surface area contributed by atoms with E-state index in [4.69, 9.17) is 0 Å². The van der Waals surface area contributed by atoms with E-state index in [-0.39, 0.29) is 18.8 Å². The Morgan fingerprint density at radius 1 is 1.03 bits per heavy atom. The van der Waals surface area contributed by atoms with Gasteiger partial charge in [-0.15, -0.1) is 5.10 Å². The molecule has 0 aliphatic carbocycles. The Morgan fingerprint density at radius 3 is 2.35 bits per heavy atom. The number of amides is 1. The fourth-order valence-electron chi connectivity index (χ4n) is 3.45. The van der Waals surface area contributed by atoms with E-state index in [1.54, 1.807) is 12.4 Å². The molecular formula is C20H18F4N6O. The van der Waals surface area contributed by atoms with E-state index in [1.807, 2.05) is 12.1 Å². The normalized spacial score (nSPS) is 15.3. The lowest BCUT2D eigenvalue weighted by Gasteiger charge is -2.34. The number of rotatable bonds is 4. The van der Waals surface area contributed by atoms with E-state index in [1.165, 1.54) is 4.90 Å². The summed E-state index contributed by atoms with van der Waals surface area (Å²) in [6, 6.07) is 8.09. The lowest BCUT2D eigenvalue weighted by molar-refractivity contribution is -0.143. The van der Waals surface area contributed by atoms with Crippen LogP contribution in [0.25, 0.3) is 5.69 Å². The number of benzene rings is 1. The number of hydrogen-bond acceptors (Lipinski definition) is 5. The van der Waals surface area contributed by atoms with Gasteiger partial charge in [-0.2, -0.15) is 13.2 Å². The second-order valence-electron chi connectivity index (χ2n) is 7.10. The maximum Gasteiger partial charge on any atom is 0.435 e. The van der Waals surface area contributed by atoms with Gasteiger partial charge in [0, 0.05) is 45.1 Å². The fraction of sp³-hybridized carbons (Fsp3) is 0.300. The number of aromatic nitrogens is 4. The van der Waals surface area contributed by atoms with Gasteiger partial charge in [0.25, 0.3) is 5.91 Å². The first-order valence-electron chi connectivity index (χ1n) is 9.52. The minimum atomic E-state index is -4.87. The van der Waals surface area contributed by atoms with Crippen molar-refractivity contribution in [2.24, 2.45) is 0 Å². The number of piperazine rings is 1. The van der Waals surface area contributed by atoms with Crippen molar-refractivity contribution in [2.75, 3.05) is 26.2 Å². The second kappa shape index (κ2) is 8.42. The van der Waals surface area contributed by atoms with Crippen LogP contribution in [-0.4, -0.2) is 61.9 Å². The maximum absolute atomic E-state index is 13.8. The van der Waals surface area contributed by atoms with Crippen LogP contribution in [0.2, 0.25) is 0 Å². The molecule has 7 nitrogen and oxygen atoms in total. The fourth-order valence-corrected chi connectivity index (χ4v) is 3.45. The van der Waals surface area contributed by atoms with Crippen LogP contribution in [0.15, 0.2) is 48.8 Å². The Kier molecular flexibility index (Phi) is 5.68. The number of halogens is 4. The van der Waals surface area contributed by atoms with Crippen molar-refractivity contribution < 1.29 is 22.4 Å². The van der Waals surface area contributed by atoms with Gasteiger partial charge in [-0.05, 0) is 35.9 Å². The molecule has 1 aliphatic rings. The van der Waals surface area contributed by atoms with Gasteiger partial charge in [-0.1, -0.05) is 11.3 Å². The van der Waals surface area contributed by atoms with E-state index in [0.717, 1.165) is 29.8 Å². The van der Waals surface area contributed by atoms with E-state index < -0.39 is 29.3 Å². The van der Waals surface area contributed by atoms with Gasteiger partial charge >= 0.3 is 6.18 Å². The predicted molar refractivity (Wildman–Crippen MR) is 102 cm³/mol. The van der Waals surface area contributed by atoms with Gasteiger partial charge in [0.2, 0.25) is 0 Å². The van der Waals surface area contributed by atoms with Crippen LogP contribution in [0.1, 0.15) is 21.7 Å². The van der Waals surface area contributed by atoms with E-state index in [9.17, 15) is 22.4 Å². The summed E-state index contributed by atoms with van der Waals surface area (Å²) in [7, 11) is 0. The average Bonchev–Trinajstić information content (AvgIpc) is 3.21. The third-order valence-electron chi connectivity index (χ3n) is 5.00. The Hall–Kier alpha value is -3.34. The lowest BCUT2D eigenvalue weighted by Crippen LogP contribution is -2.48. The monoisotopic (exact) mass is 434 g/mol. The van der Waals surface area contributed by atoms with Crippen molar-refractivity contribution in [1.82, 2.24) is 29.8 Å². The zero-order chi connectivity index (χ0) is 22.0. The summed E-state index contributed by atoms with van der Waals surface area (Å²) in [6.07, 6.45) is -1.44. The highest BCUT2D eigenvalue weighted by Crippen LogP contribution is 2.33. The number of hydrogen-bond donors (Lipinski definition) is 0. The van der Waals surface area contributed by atoms with Crippen LogP contribution < -0.4 is 0 Å². The molecule has 1 aliphatic heterocycles. The number of pyridine rings is 1. The second-order valence-corrected chi connectivity index (χ2v) is 7.10. The van der Waals surface area contributed by atoms with Crippen molar-refractivity contribution in [3.63, 3.8) is 0 Å². The molecule has 2 aromatic heterocycles. The summed E-state index contributed by atoms with van der Waals surface area (Å²) in [4.78, 5) is 20.4. The highest BCUT2D eigenvalue weighted by molar-refractivity contribution is 5.93. The van der Waals surface area contributed by atoms with Crippen molar-refractivity contribution >= 4 is 5.91 Å². The first-order chi connectivity index (χ1) is 14.8. The van der Waals surface area contributed by atoms with E-state index in [0.29, 0.717) is 24.3 Å². The molecule has 0 N–H and O–H groups in total. The highest BCUT2D eigenvalue weighted by atomic mass is 19.4. The number of nitrogens with zero attached hydrogens (tertiary/aromatic N) is 6. The molecule has 0 unspecified atom stereocenters. The molecule has 0 atom stereocenters. The molecule has 0 spiro atoms. The predicted octanol–water partition coefficient (Wildman–Crippen LogP) is 2.78. The van der Waals surface area contributed by atoms with Crippen molar-refractivity contribution in [3.8, 4) is 5.69 Å². The molecular weight excluding hydrogens is 416 g/mol. The molecule has 11 heteroatoms. The summed E-state index contributed by atoms with van der Waals surface area (Å²) < 4.78 is 55.0. The van der Waals surface area contributed by atoms with Crippen molar-refractivity contribution in [1.29, 1.82) is 0 Å². The smallest absolute Gasteiger partial charge is 0.335 e. The average molecular weight is 434 g/mol. The minimum Gasteiger partial charge on any atom is -0.335 e. The minimum absolute atomic E-state index is 0.0402. The molecule has 1 saturated heterocycles. The summed E-state index contributed by atoms with van der Waals surface area (Å²) in [6.45, 7) is 2.19. The van der Waals surface area contributed by atoms with Crippen LogP contribution in [0.3, 0.4) is 0 Å². The van der Waals surface area contributed by atoms with Crippen LogP contribution in [0.5, 0.6) is 0 Å². The lowest BCUT2D eigenvalue weighted by atomic mass is 10.2. The molecule has 0 bridgehead atoms.